The minimum Gasteiger partial charge on any atom is -0.497 e. The lowest BCUT2D eigenvalue weighted by Crippen LogP contribution is -2.28. The van der Waals surface area contributed by atoms with Gasteiger partial charge in [-0.05, 0) is 23.6 Å². The van der Waals surface area contributed by atoms with Crippen LogP contribution in [0.5, 0.6) is 5.75 Å². The van der Waals surface area contributed by atoms with E-state index in [2.05, 4.69) is 0 Å². The molecule has 0 aliphatic carbocycles. The number of carboxylic acids is 1. The Morgan fingerprint density at radius 2 is 2.11 bits per heavy atom. The van der Waals surface area contributed by atoms with Crippen LogP contribution in [0.15, 0.2) is 24.3 Å². The van der Waals surface area contributed by atoms with Gasteiger partial charge >= 0.3 is 5.97 Å². The Hall–Kier alpha value is -1.55. The number of rotatable bonds is 7. The molecule has 0 saturated heterocycles. The van der Waals surface area contributed by atoms with E-state index in [0.29, 0.717) is 18.9 Å². The second-order valence-corrected chi connectivity index (χ2v) is 4.61. The summed E-state index contributed by atoms with van der Waals surface area (Å²) in [5.41, 5.74) is 0.894. The molecule has 1 aromatic carbocycles. The van der Waals surface area contributed by atoms with Crippen LogP contribution >= 0.6 is 0 Å². The number of aliphatic carboxylic acids is 1. The molecule has 1 rings (SSSR count). The van der Waals surface area contributed by atoms with E-state index in [1.54, 1.807) is 7.11 Å². The van der Waals surface area contributed by atoms with Crippen molar-refractivity contribution in [2.24, 2.45) is 5.92 Å². The summed E-state index contributed by atoms with van der Waals surface area (Å²) in [5.74, 6) is 0.108. The molecule has 4 nitrogen and oxygen atoms in total. The summed E-state index contributed by atoms with van der Waals surface area (Å²) in [6, 6.07) is 7.37. The van der Waals surface area contributed by atoms with Crippen molar-refractivity contribution < 1.29 is 19.4 Å². The van der Waals surface area contributed by atoms with Crippen molar-refractivity contribution in [3.63, 3.8) is 0 Å². The lowest BCUT2D eigenvalue weighted by molar-refractivity contribution is -0.150. The Morgan fingerprint density at radius 1 is 1.39 bits per heavy atom. The molecule has 1 atom stereocenters. The first-order valence-corrected chi connectivity index (χ1v) is 6.00. The average Bonchev–Trinajstić information content (AvgIpc) is 2.34. The molecule has 1 N–H and O–H groups in total. The van der Waals surface area contributed by atoms with Gasteiger partial charge in [0.05, 0.1) is 13.7 Å². The molecule has 0 bridgehead atoms. The van der Waals surface area contributed by atoms with Crippen molar-refractivity contribution >= 4 is 5.97 Å². The second-order valence-electron chi connectivity index (χ2n) is 4.61. The van der Waals surface area contributed by atoms with Crippen LogP contribution in [0.25, 0.3) is 0 Å². The standard InChI is InChI=1S/C14H20O4/c1-10(2)9-18-13(14(15)16)8-11-5-4-6-12(7-11)17-3/h4-7,10,13H,8-9H2,1-3H3,(H,15,16)/t13-/m0/s1. The summed E-state index contributed by atoms with van der Waals surface area (Å²) >= 11 is 0. The van der Waals surface area contributed by atoms with Gasteiger partial charge in [0.2, 0.25) is 0 Å². The van der Waals surface area contributed by atoms with Crippen LogP contribution in [0.4, 0.5) is 0 Å². The van der Waals surface area contributed by atoms with Gasteiger partial charge in [-0.2, -0.15) is 0 Å². The van der Waals surface area contributed by atoms with Crippen molar-refractivity contribution in [2.75, 3.05) is 13.7 Å². The summed E-state index contributed by atoms with van der Waals surface area (Å²) in [7, 11) is 1.59. The molecule has 0 radical (unpaired) electrons. The molecule has 0 spiro atoms. The Morgan fingerprint density at radius 3 is 2.67 bits per heavy atom. The molecule has 0 aliphatic heterocycles. The lowest BCUT2D eigenvalue weighted by Gasteiger charge is -2.15. The number of carboxylic acid groups (broad SMARTS) is 1. The van der Waals surface area contributed by atoms with E-state index in [1.807, 2.05) is 38.1 Å². The van der Waals surface area contributed by atoms with Crippen molar-refractivity contribution in [2.45, 2.75) is 26.4 Å². The number of hydrogen-bond acceptors (Lipinski definition) is 3. The van der Waals surface area contributed by atoms with Crippen LogP contribution in [-0.2, 0) is 16.0 Å². The Kier molecular flexibility index (Phi) is 5.65. The molecule has 18 heavy (non-hydrogen) atoms. The zero-order chi connectivity index (χ0) is 13.5. The normalized spacial score (nSPS) is 12.4. The summed E-state index contributed by atoms with van der Waals surface area (Å²) in [4.78, 5) is 11.1. The topological polar surface area (TPSA) is 55.8 Å². The molecule has 100 valence electrons. The fraction of sp³-hybridized carbons (Fsp3) is 0.500. The third-order valence-corrected chi connectivity index (χ3v) is 2.46. The summed E-state index contributed by atoms with van der Waals surface area (Å²) in [6.07, 6.45) is -0.460. The number of ether oxygens (including phenoxy) is 2. The van der Waals surface area contributed by atoms with Crippen molar-refractivity contribution in [1.82, 2.24) is 0 Å². The second kappa shape index (κ2) is 7.01. The molecule has 0 fully saturated rings. The Balaban J connectivity index is 2.67. The summed E-state index contributed by atoms with van der Waals surface area (Å²) < 4.78 is 10.5. The fourth-order valence-electron chi connectivity index (χ4n) is 1.54. The average molecular weight is 252 g/mol. The number of methoxy groups -OCH3 is 1. The molecule has 0 saturated carbocycles. The molecule has 0 amide bonds. The molecule has 0 unspecified atom stereocenters. The Bertz CT molecular complexity index is 387. The zero-order valence-electron chi connectivity index (χ0n) is 11.1. The third kappa shape index (κ3) is 4.75. The van der Waals surface area contributed by atoms with Crippen LogP contribution in [0.1, 0.15) is 19.4 Å². The van der Waals surface area contributed by atoms with Crippen molar-refractivity contribution in [1.29, 1.82) is 0 Å². The van der Waals surface area contributed by atoms with Crippen LogP contribution in [-0.4, -0.2) is 30.9 Å². The quantitative estimate of drug-likeness (QED) is 0.809. The fourth-order valence-corrected chi connectivity index (χ4v) is 1.54. The van der Waals surface area contributed by atoms with E-state index in [9.17, 15) is 4.79 Å². The first-order valence-electron chi connectivity index (χ1n) is 6.00. The van der Waals surface area contributed by atoms with Crippen molar-refractivity contribution in [3.05, 3.63) is 29.8 Å². The first-order chi connectivity index (χ1) is 8.52. The van der Waals surface area contributed by atoms with E-state index in [-0.39, 0.29) is 0 Å². The van der Waals surface area contributed by atoms with E-state index in [4.69, 9.17) is 14.6 Å². The molecule has 0 heterocycles. The maximum Gasteiger partial charge on any atom is 0.333 e. The van der Waals surface area contributed by atoms with Crippen LogP contribution in [0.2, 0.25) is 0 Å². The van der Waals surface area contributed by atoms with E-state index < -0.39 is 12.1 Å². The van der Waals surface area contributed by atoms with Gasteiger partial charge < -0.3 is 14.6 Å². The van der Waals surface area contributed by atoms with Gasteiger partial charge in [-0.15, -0.1) is 0 Å². The molecule has 4 heteroatoms. The van der Waals surface area contributed by atoms with Crippen molar-refractivity contribution in [3.8, 4) is 5.75 Å². The van der Waals surface area contributed by atoms with Crippen LogP contribution in [0, 0.1) is 5.92 Å². The highest BCUT2D eigenvalue weighted by molar-refractivity contribution is 5.72. The maximum atomic E-state index is 11.1. The summed E-state index contributed by atoms with van der Waals surface area (Å²) in [6.45, 7) is 4.43. The summed E-state index contributed by atoms with van der Waals surface area (Å²) in [5, 5.41) is 9.12. The van der Waals surface area contributed by atoms with Gasteiger partial charge in [-0.25, -0.2) is 4.79 Å². The molecule has 0 aliphatic rings. The number of carbonyl (C=O) groups is 1. The lowest BCUT2D eigenvalue weighted by atomic mass is 10.1. The highest BCUT2D eigenvalue weighted by atomic mass is 16.5. The molecular weight excluding hydrogens is 232 g/mol. The van der Waals surface area contributed by atoms with Gasteiger partial charge in [-0.3, -0.25) is 0 Å². The van der Waals surface area contributed by atoms with Gasteiger partial charge in [0.1, 0.15) is 5.75 Å². The van der Waals surface area contributed by atoms with Gasteiger partial charge in [0.25, 0.3) is 0 Å². The number of hydrogen-bond donors (Lipinski definition) is 1. The highest BCUT2D eigenvalue weighted by Gasteiger charge is 2.19. The minimum atomic E-state index is -0.932. The first kappa shape index (κ1) is 14.5. The molecule has 1 aromatic rings. The predicted octanol–water partition coefficient (Wildman–Crippen LogP) is 2.36. The molecule has 0 aromatic heterocycles. The van der Waals surface area contributed by atoms with Gasteiger partial charge in [0, 0.05) is 6.42 Å². The number of benzene rings is 1. The minimum absolute atomic E-state index is 0.317. The SMILES string of the molecule is COc1cccc(C[C@H](OCC(C)C)C(=O)O)c1. The van der Waals surface area contributed by atoms with E-state index in [0.717, 1.165) is 11.3 Å². The van der Waals surface area contributed by atoms with E-state index >= 15 is 0 Å². The third-order valence-electron chi connectivity index (χ3n) is 2.46. The largest absolute Gasteiger partial charge is 0.497 e. The predicted molar refractivity (Wildman–Crippen MR) is 68.9 cm³/mol. The zero-order valence-corrected chi connectivity index (χ0v) is 11.1. The smallest absolute Gasteiger partial charge is 0.333 e. The Labute approximate surface area is 108 Å². The highest BCUT2D eigenvalue weighted by Crippen LogP contribution is 2.15. The van der Waals surface area contributed by atoms with E-state index in [1.165, 1.54) is 0 Å². The molecular formula is C14H20O4. The van der Waals surface area contributed by atoms with Crippen LogP contribution in [0.3, 0.4) is 0 Å². The van der Waals surface area contributed by atoms with Crippen LogP contribution < -0.4 is 4.74 Å². The monoisotopic (exact) mass is 252 g/mol. The maximum absolute atomic E-state index is 11.1. The van der Waals surface area contributed by atoms with Gasteiger partial charge in [-0.1, -0.05) is 26.0 Å². The van der Waals surface area contributed by atoms with Gasteiger partial charge in [0.15, 0.2) is 6.10 Å².